The third-order valence-corrected chi connectivity index (χ3v) is 8.07. The molecule has 0 radical (unpaired) electrons. The molecule has 2 aliphatic rings. The number of hydrogen-bond donors (Lipinski definition) is 0. The summed E-state index contributed by atoms with van der Waals surface area (Å²) in [5, 5.41) is 5.09. The summed E-state index contributed by atoms with van der Waals surface area (Å²) < 4.78 is 10.2. The van der Waals surface area contributed by atoms with Crippen LogP contribution >= 0.6 is 23.5 Å². The first-order valence-electron chi connectivity index (χ1n) is 12.4. The molecule has 3 aromatic rings. The lowest BCUT2D eigenvalue weighted by Gasteiger charge is -2.36. The van der Waals surface area contributed by atoms with Crippen molar-refractivity contribution in [2.75, 3.05) is 31.1 Å². The fourth-order valence-electron chi connectivity index (χ4n) is 4.70. The number of aromatic nitrogens is 2. The second kappa shape index (κ2) is 11.5. The minimum Gasteiger partial charge on any atom is -0.483 e. The number of nitrogens with zero attached hydrogens (tertiary/aromatic N) is 4. The second-order valence-corrected chi connectivity index (χ2v) is 10.6. The van der Waals surface area contributed by atoms with E-state index in [1.807, 2.05) is 30.1 Å². The quantitative estimate of drug-likeness (QED) is 0.387. The highest BCUT2D eigenvalue weighted by molar-refractivity contribution is 7.96. The molecule has 1 aliphatic carbocycles. The molecule has 2 aromatic carbocycles. The van der Waals surface area contributed by atoms with E-state index >= 15 is 0 Å². The number of rotatable bonds is 7. The van der Waals surface area contributed by atoms with Gasteiger partial charge >= 0.3 is 5.56 Å². The van der Waals surface area contributed by atoms with Gasteiger partial charge in [-0.3, -0.25) is 4.79 Å². The van der Waals surface area contributed by atoms with Crippen LogP contribution in [0.4, 0.5) is 5.69 Å². The van der Waals surface area contributed by atoms with Gasteiger partial charge in [0.15, 0.2) is 0 Å². The van der Waals surface area contributed by atoms with Gasteiger partial charge in [-0.15, -0.1) is 0 Å². The molecule has 1 aromatic heterocycles. The highest BCUT2D eigenvalue weighted by Crippen LogP contribution is 2.31. The number of piperazine rings is 1. The Labute approximate surface area is 216 Å². The Balaban J connectivity index is 1.34. The normalized spacial score (nSPS) is 17.5. The summed E-state index contributed by atoms with van der Waals surface area (Å²) in [6.45, 7) is 3.48. The number of halogens is 1. The molecule has 5 rings (SSSR count). The van der Waals surface area contributed by atoms with E-state index in [-0.39, 0.29) is 11.7 Å². The summed E-state index contributed by atoms with van der Waals surface area (Å²) in [5.74, 6) is 1.38. The standard InChI is InChI=1S/C27H31ClN4O2S/c28-22-10-7-11-23(18-22)32-27(33)26(34-24-12-5-2-6-13-24)25(19-29-32)30-14-16-31(17-15-30)35-20-21-8-3-1-4-9-21/h1,3-4,7-11,18-19,24H,2,5-6,12-17,20H2. The first-order valence-corrected chi connectivity index (χ1v) is 13.7. The number of hydrogen-bond acceptors (Lipinski definition) is 6. The summed E-state index contributed by atoms with van der Waals surface area (Å²) >= 11 is 8.05. The van der Waals surface area contributed by atoms with Crippen LogP contribution in [0.2, 0.25) is 5.02 Å². The van der Waals surface area contributed by atoms with Crippen molar-refractivity contribution in [1.82, 2.24) is 14.1 Å². The lowest BCUT2D eigenvalue weighted by Crippen LogP contribution is -2.44. The van der Waals surface area contributed by atoms with E-state index in [9.17, 15) is 4.79 Å². The zero-order valence-corrected chi connectivity index (χ0v) is 21.4. The van der Waals surface area contributed by atoms with E-state index in [2.05, 4.69) is 38.6 Å². The summed E-state index contributed by atoms with van der Waals surface area (Å²) in [4.78, 5) is 15.9. The van der Waals surface area contributed by atoms with Gasteiger partial charge in [0.2, 0.25) is 5.75 Å². The van der Waals surface area contributed by atoms with Gasteiger partial charge in [-0.2, -0.15) is 9.78 Å². The average molecular weight is 511 g/mol. The fraction of sp³-hybridized carbons (Fsp3) is 0.407. The topological polar surface area (TPSA) is 50.6 Å². The van der Waals surface area contributed by atoms with Crippen molar-refractivity contribution in [2.24, 2.45) is 0 Å². The third kappa shape index (κ3) is 6.02. The highest BCUT2D eigenvalue weighted by atomic mass is 35.5. The van der Waals surface area contributed by atoms with Crippen LogP contribution in [0.15, 0.2) is 65.6 Å². The Morgan fingerprint density at radius 3 is 2.49 bits per heavy atom. The summed E-state index contributed by atoms with van der Waals surface area (Å²) in [6, 6.07) is 17.8. The first-order chi connectivity index (χ1) is 17.2. The summed E-state index contributed by atoms with van der Waals surface area (Å²) in [7, 11) is 0. The molecule has 8 heteroatoms. The van der Waals surface area contributed by atoms with Gasteiger partial charge in [-0.1, -0.05) is 66.4 Å². The van der Waals surface area contributed by atoms with Crippen LogP contribution in [0.25, 0.3) is 5.69 Å². The zero-order chi connectivity index (χ0) is 24.0. The maximum atomic E-state index is 13.6. The van der Waals surface area contributed by atoms with Crippen molar-refractivity contribution in [3.8, 4) is 11.4 Å². The number of benzene rings is 2. The lowest BCUT2D eigenvalue weighted by atomic mass is 9.98. The fourth-order valence-corrected chi connectivity index (χ4v) is 5.83. The number of ether oxygens (including phenoxy) is 1. The Hall–Kier alpha value is -2.48. The van der Waals surface area contributed by atoms with E-state index in [1.54, 1.807) is 18.3 Å². The molecule has 0 atom stereocenters. The Bertz CT molecular complexity index is 1180. The van der Waals surface area contributed by atoms with Gasteiger partial charge in [0.05, 0.1) is 18.0 Å². The van der Waals surface area contributed by atoms with Gasteiger partial charge in [0.25, 0.3) is 0 Å². The van der Waals surface area contributed by atoms with Crippen LogP contribution in [-0.4, -0.2) is 46.4 Å². The third-order valence-electron chi connectivity index (χ3n) is 6.64. The Morgan fingerprint density at radius 2 is 1.74 bits per heavy atom. The molecular weight excluding hydrogens is 480 g/mol. The van der Waals surface area contributed by atoms with E-state index in [0.717, 1.165) is 63.3 Å². The maximum Gasteiger partial charge on any atom is 0.316 e. The van der Waals surface area contributed by atoms with Crippen molar-refractivity contribution < 1.29 is 4.74 Å². The van der Waals surface area contributed by atoms with Crippen LogP contribution in [0.1, 0.15) is 37.7 Å². The van der Waals surface area contributed by atoms with Gasteiger partial charge in [0, 0.05) is 37.0 Å². The highest BCUT2D eigenvalue weighted by Gasteiger charge is 2.26. The molecule has 0 bridgehead atoms. The van der Waals surface area contributed by atoms with Crippen molar-refractivity contribution in [2.45, 2.75) is 44.0 Å². The molecule has 2 fully saturated rings. The van der Waals surface area contributed by atoms with Crippen LogP contribution in [0.3, 0.4) is 0 Å². The summed E-state index contributed by atoms with van der Waals surface area (Å²) in [6.07, 6.45) is 7.36. The van der Waals surface area contributed by atoms with Crippen molar-refractivity contribution in [1.29, 1.82) is 0 Å². The van der Waals surface area contributed by atoms with Gasteiger partial charge in [-0.25, -0.2) is 4.31 Å². The van der Waals surface area contributed by atoms with Crippen LogP contribution in [0.5, 0.6) is 5.75 Å². The molecule has 1 saturated heterocycles. The molecule has 0 amide bonds. The summed E-state index contributed by atoms with van der Waals surface area (Å²) in [5.41, 5.74) is 2.55. The average Bonchev–Trinajstić information content (AvgIpc) is 2.90. The Morgan fingerprint density at radius 1 is 0.971 bits per heavy atom. The molecule has 184 valence electrons. The maximum absolute atomic E-state index is 13.6. The molecule has 35 heavy (non-hydrogen) atoms. The number of anilines is 1. The van der Waals surface area contributed by atoms with Crippen LogP contribution in [-0.2, 0) is 5.75 Å². The monoisotopic (exact) mass is 510 g/mol. The van der Waals surface area contributed by atoms with Gasteiger partial charge in [-0.05, 0) is 49.4 Å². The van der Waals surface area contributed by atoms with Gasteiger partial charge < -0.3 is 9.64 Å². The predicted molar refractivity (Wildman–Crippen MR) is 144 cm³/mol. The van der Waals surface area contributed by atoms with Crippen molar-refractivity contribution >= 4 is 29.2 Å². The van der Waals surface area contributed by atoms with Crippen LogP contribution in [0, 0.1) is 0 Å². The molecule has 0 spiro atoms. The van der Waals surface area contributed by atoms with Crippen LogP contribution < -0.4 is 15.2 Å². The Kier molecular flexibility index (Phi) is 7.96. The SMILES string of the molecule is O=c1c(OC2CCCCC2)c(N2CCN(SCc3ccccc3)CC2)cnn1-c1cccc(Cl)c1. The van der Waals surface area contributed by atoms with E-state index in [1.165, 1.54) is 16.7 Å². The predicted octanol–water partition coefficient (Wildman–Crippen LogP) is 5.57. The van der Waals surface area contributed by atoms with E-state index in [0.29, 0.717) is 16.5 Å². The van der Waals surface area contributed by atoms with Gasteiger partial charge in [0.1, 0.15) is 5.69 Å². The molecule has 1 saturated carbocycles. The van der Waals surface area contributed by atoms with E-state index < -0.39 is 0 Å². The largest absolute Gasteiger partial charge is 0.483 e. The smallest absolute Gasteiger partial charge is 0.316 e. The van der Waals surface area contributed by atoms with Crippen molar-refractivity contribution in [3.05, 3.63) is 81.7 Å². The second-order valence-electron chi connectivity index (χ2n) is 9.11. The minimum absolute atomic E-state index is 0.0770. The molecule has 1 aliphatic heterocycles. The zero-order valence-electron chi connectivity index (χ0n) is 19.8. The lowest BCUT2D eigenvalue weighted by molar-refractivity contribution is 0.152. The molecule has 0 N–H and O–H groups in total. The van der Waals surface area contributed by atoms with E-state index in [4.69, 9.17) is 16.3 Å². The van der Waals surface area contributed by atoms with Crippen molar-refractivity contribution in [3.63, 3.8) is 0 Å². The first kappa shape index (κ1) is 24.2. The molecule has 2 heterocycles. The molecule has 6 nitrogen and oxygen atoms in total. The molecule has 0 unspecified atom stereocenters. The molecular formula is C27H31ClN4O2S. The minimum atomic E-state index is -0.226.